The third kappa shape index (κ3) is 2.20. The first-order valence-corrected chi connectivity index (χ1v) is 5.91. The molecule has 1 aromatic heterocycles. The molecular formula is C14H12ClN3. The van der Waals surface area contributed by atoms with Gasteiger partial charge in [-0.2, -0.15) is 5.26 Å². The van der Waals surface area contributed by atoms with Gasteiger partial charge in [0.15, 0.2) is 11.0 Å². The van der Waals surface area contributed by atoms with Gasteiger partial charge in [0.2, 0.25) is 0 Å². The van der Waals surface area contributed by atoms with Gasteiger partial charge in [-0.1, -0.05) is 17.7 Å². The van der Waals surface area contributed by atoms with Gasteiger partial charge in [-0.25, -0.2) is 9.97 Å². The fourth-order valence-corrected chi connectivity index (χ4v) is 1.94. The van der Waals surface area contributed by atoms with E-state index < -0.39 is 0 Å². The minimum Gasteiger partial charge on any atom is -0.235 e. The van der Waals surface area contributed by atoms with Gasteiger partial charge in [0.1, 0.15) is 11.6 Å². The van der Waals surface area contributed by atoms with Crippen molar-refractivity contribution in [1.82, 2.24) is 9.97 Å². The Bertz CT molecular complexity index is 657. The topological polar surface area (TPSA) is 49.6 Å². The highest BCUT2D eigenvalue weighted by atomic mass is 35.5. The van der Waals surface area contributed by atoms with Crippen LogP contribution in [0.4, 0.5) is 0 Å². The zero-order valence-electron chi connectivity index (χ0n) is 10.5. The van der Waals surface area contributed by atoms with Gasteiger partial charge >= 0.3 is 0 Å². The van der Waals surface area contributed by atoms with Gasteiger partial charge < -0.3 is 0 Å². The molecule has 0 atom stereocenters. The predicted molar refractivity (Wildman–Crippen MR) is 71.4 cm³/mol. The minimum atomic E-state index is 0.195. The summed E-state index contributed by atoms with van der Waals surface area (Å²) in [6.45, 7) is 6.12. The molecule has 0 aliphatic carbocycles. The van der Waals surface area contributed by atoms with E-state index in [1.54, 1.807) is 0 Å². The van der Waals surface area contributed by atoms with E-state index in [1.165, 1.54) is 17.3 Å². The molecule has 0 aliphatic heterocycles. The molecule has 0 radical (unpaired) electrons. The van der Waals surface area contributed by atoms with E-state index in [2.05, 4.69) is 23.0 Å². The maximum Gasteiger partial charge on any atom is 0.161 e. The number of nitrogens with zero attached hydrogens (tertiary/aromatic N) is 3. The summed E-state index contributed by atoms with van der Waals surface area (Å²) in [7, 11) is 0. The lowest BCUT2D eigenvalue weighted by Gasteiger charge is -2.09. The smallest absolute Gasteiger partial charge is 0.161 e. The zero-order chi connectivity index (χ0) is 13.3. The highest BCUT2D eigenvalue weighted by molar-refractivity contribution is 6.30. The molecular weight excluding hydrogens is 246 g/mol. The summed E-state index contributed by atoms with van der Waals surface area (Å²) in [4.78, 5) is 8.37. The van der Waals surface area contributed by atoms with Crippen LogP contribution in [-0.4, -0.2) is 9.97 Å². The molecule has 0 aliphatic rings. The highest BCUT2D eigenvalue weighted by Crippen LogP contribution is 2.25. The number of rotatable bonds is 1. The van der Waals surface area contributed by atoms with Crippen molar-refractivity contribution in [3.05, 3.63) is 45.7 Å². The first kappa shape index (κ1) is 12.5. The Kier molecular flexibility index (Phi) is 3.31. The second-order valence-electron chi connectivity index (χ2n) is 4.26. The van der Waals surface area contributed by atoms with Crippen LogP contribution in [0, 0.1) is 32.1 Å². The van der Waals surface area contributed by atoms with Crippen molar-refractivity contribution < 1.29 is 0 Å². The monoisotopic (exact) mass is 257 g/mol. The van der Waals surface area contributed by atoms with Gasteiger partial charge in [0.05, 0.1) is 6.20 Å². The molecule has 90 valence electrons. The Balaban J connectivity index is 2.60. The lowest BCUT2D eigenvalue weighted by atomic mass is 10.0. The van der Waals surface area contributed by atoms with Crippen LogP contribution in [0.2, 0.25) is 5.15 Å². The third-order valence-electron chi connectivity index (χ3n) is 2.94. The summed E-state index contributed by atoms with van der Waals surface area (Å²) >= 11 is 5.93. The highest BCUT2D eigenvalue weighted by Gasteiger charge is 2.10. The summed E-state index contributed by atoms with van der Waals surface area (Å²) in [6.07, 6.45) is 1.46. The predicted octanol–water partition coefficient (Wildman–Crippen LogP) is 3.59. The summed E-state index contributed by atoms with van der Waals surface area (Å²) in [5.41, 5.74) is 4.75. The average molecular weight is 258 g/mol. The van der Waals surface area contributed by atoms with Crippen LogP contribution in [0.15, 0.2) is 18.3 Å². The molecule has 2 rings (SSSR count). The summed E-state index contributed by atoms with van der Waals surface area (Å²) in [5, 5.41) is 9.00. The molecule has 0 fully saturated rings. The molecule has 0 unspecified atom stereocenters. The molecule has 0 N–H and O–H groups in total. The summed E-state index contributed by atoms with van der Waals surface area (Å²) in [6, 6.07) is 6.09. The maximum atomic E-state index is 8.80. The Morgan fingerprint density at radius 2 is 1.78 bits per heavy atom. The molecule has 1 heterocycles. The Morgan fingerprint density at radius 1 is 1.11 bits per heavy atom. The number of hydrogen-bond donors (Lipinski definition) is 0. The van der Waals surface area contributed by atoms with Crippen LogP contribution in [-0.2, 0) is 0 Å². The van der Waals surface area contributed by atoms with Crippen LogP contribution in [0.5, 0.6) is 0 Å². The van der Waals surface area contributed by atoms with Gasteiger partial charge in [0.25, 0.3) is 0 Å². The molecule has 0 saturated carbocycles. The van der Waals surface area contributed by atoms with Gasteiger partial charge in [-0.05, 0) is 43.5 Å². The molecule has 3 nitrogen and oxygen atoms in total. The normalized spacial score (nSPS) is 10.2. The van der Waals surface area contributed by atoms with E-state index in [9.17, 15) is 0 Å². The second kappa shape index (κ2) is 4.75. The molecule has 4 heteroatoms. The Hall–Kier alpha value is -1.92. The summed E-state index contributed by atoms with van der Waals surface area (Å²) < 4.78 is 0. The van der Waals surface area contributed by atoms with Gasteiger partial charge in [-0.3, -0.25) is 0 Å². The van der Waals surface area contributed by atoms with Crippen LogP contribution in [0.25, 0.3) is 11.4 Å². The first-order valence-electron chi connectivity index (χ1n) is 5.53. The fraction of sp³-hybridized carbons (Fsp3) is 0.214. The van der Waals surface area contributed by atoms with E-state index >= 15 is 0 Å². The number of aryl methyl sites for hydroxylation is 3. The first-order chi connectivity index (χ1) is 8.52. The van der Waals surface area contributed by atoms with Crippen molar-refractivity contribution in [2.45, 2.75) is 20.8 Å². The van der Waals surface area contributed by atoms with Crippen LogP contribution in [0.3, 0.4) is 0 Å². The van der Waals surface area contributed by atoms with Crippen molar-refractivity contribution in [2.75, 3.05) is 0 Å². The Labute approximate surface area is 111 Å². The average Bonchev–Trinajstić information content (AvgIpc) is 2.33. The van der Waals surface area contributed by atoms with E-state index in [4.69, 9.17) is 16.9 Å². The standard InChI is InChI=1S/C14H12ClN3/c1-8-4-10(3)12(5-9(8)2)14-17-7-11(6-16)13(15)18-14/h4-5,7H,1-3H3. The van der Waals surface area contributed by atoms with Gasteiger partial charge in [-0.15, -0.1) is 0 Å². The Morgan fingerprint density at radius 3 is 2.39 bits per heavy atom. The zero-order valence-corrected chi connectivity index (χ0v) is 11.2. The third-order valence-corrected chi connectivity index (χ3v) is 3.23. The molecule has 18 heavy (non-hydrogen) atoms. The van der Waals surface area contributed by atoms with E-state index in [0.29, 0.717) is 11.4 Å². The summed E-state index contributed by atoms with van der Waals surface area (Å²) in [5.74, 6) is 0.555. The van der Waals surface area contributed by atoms with E-state index in [1.807, 2.05) is 26.0 Å². The van der Waals surface area contributed by atoms with Crippen molar-refractivity contribution in [3.63, 3.8) is 0 Å². The maximum absolute atomic E-state index is 8.80. The molecule has 2 aromatic rings. The lowest BCUT2D eigenvalue weighted by molar-refractivity contribution is 1.15. The van der Waals surface area contributed by atoms with Crippen molar-refractivity contribution >= 4 is 11.6 Å². The van der Waals surface area contributed by atoms with Crippen LogP contribution >= 0.6 is 11.6 Å². The fourth-order valence-electron chi connectivity index (χ4n) is 1.77. The second-order valence-corrected chi connectivity index (χ2v) is 4.62. The number of nitriles is 1. The largest absolute Gasteiger partial charge is 0.235 e. The van der Waals surface area contributed by atoms with E-state index in [0.717, 1.165) is 11.1 Å². The van der Waals surface area contributed by atoms with Crippen molar-refractivity contribution in [2.24, 2.45) is 0 Å². The van der Waals surface area contributed by atoms with Crippen LogP contribution < -0.4 is 0 Å². The van der Waals surface area contributed by atoms with Crippen molar-refractivity contribution in [3.8, 4) is 17.5 Å². The quantitative estimate of drug-likeness (QED) is 0.734. The molecule has 1 aromatic carbocycles. The number of hydrogen-bond acceptors (Lipinski definition) is 3. The van der Waals surface area contributed by atoms with E-state index in [-0.39, 0.29) is 5.15 Å². The molecule has 0 amide bonds. The number of aromatic nitrogens is 2. The van der Waals surface area contributed by atoms with Crippen molar-refractivity contribution in [1.29, 1.82) is 5.26 Å². The number of halogens is 1. The SMILES string of the molecule is Cc1cc(C)c(-c2ncc(C#N)c(Cl)n2)cc1C. The molecule has 0 bridgehead atoms. The molecule has 0 saturated heterocycles. The van der Waals surface area contributed by atoms with Crippen LogP contribution in [0.1, 0.15) is 22.3 Å². The lowest BCUT2D eigenvalue weighted by Crippen LogP contribution is -1.96. The molecule has 0 spiro atoms. The number of benzene rings is 1. The minimum absolute atomic E-state index is 0.195. The van der Waals surface area contributed by atoms with Gasteiger partial charge in [0, 0.05) is 5.56 Å².